The van der Waals surface area contributed by atoms with Crippen molar-refractivity contribution in [2.45, 2.75) is 38.1 Å². The number of aromatic amines is 1. The molecule has 4 atom stereocenters. The summed E-state index contributed by atoms with van der Waals surface area (Å²) in [5, 5.41) is 10.3. The summed E-state index contributed by atoms with van der Waals surface area (Å²) in [6.07, 6.45) is -4.73. The number of benzene rings is 1. The number of aromatic nitrogens is 2. The van der Waals surface area contributed by atoms with Gasteiger partial charge in [0.15, 0.2) is 12.5 Å². The van der Waals surface area contributed by atoms with E-state index in [9.17, 15) is 24.1 Å². The van der Waals surface area contributed by atoms with Crippen molar-refractivity contribution in [1.82, 2.24) is 9.55 Å². The number of halogens is 1. The van der Waals surface area contributed by atoms with E-state index >= 15 is 4.39 Å². The van der Waals surface area contributed by atoms with Gasteiger partial charge in [-0.3, -0.25) is 28.2 Å². The quantitative estimate of drug-likeness (QED) is 0.502. The number of hydrogen-bond acceptors (Lipinski definition) is 9. The lowest BCUT2D eigenvalue weighted by molar-refractivity contribution is -0.179. The van der Waals surface area contributed by atoms with Crippen molar-refractivity contribution in [2.75, 3.05) is 6.61 Å². The fourth-order valence-corrected chi connectivity index (χ4v) is 4.50. The average Bonchev–Trinajstić information content (AvgIpc) is 2.97. The molecule has 3 heterocycles. The summed E-state index contributed by atoms with van der Waals surface area (Å²) in [4.78, 5) is 36.4. The smallest absolute Gasteiger partial charge is 0.403 e. The molecule has 2 N–H and O–H groups in total. The molecule has 4 rings (SSSR count). The Balaban J connectivity index is 1.55. The van der Waals surface area contributed by atoms with Crippen LogP contribution in [0.5, 0.6) is 5.75 Å². The molecule has 0 radical (unpaired) electrons. The van der Waals surface area contributed by atoms with Gasteiger partial charge in [0.2, 0.25) is 5.85 Å². The van der Waals surface area contributed by atoms with E-state index in [0.717, 1.165) is 0 Å². The number of fused-ring (bicyclic) bond motifs is 1. The van der Waals surface area contributed by atoms with Crippen molar-refractivity contribution in [3.8, 4) is 5.75 Å². The maximum Gasteiger partial charge on any atom is 0.530 e. The molecule has 2 aliphatic rings. The predicted octanol–water partition coefficient (Wildman–Crippen LogP) is 1.34. The van der Waals surface area contributed by atoms with E-state index in [1.54, 1.807) is 30.1 Å². The number of rotatable bonds is 5. The molecule has 166 valence electrons. The maximum absolute atomic E-state index is 15.3. The number of carbonyl (C=O) groups excluding carboxylic acids is 1. The molecular weight excluding hydrogens is 438 g/mol. The van der Waals surface area contributed by atoms with Crippen LogP contribution in [0.25, 0.3) is 0 Å². The Morgan fingerprint density at radius 1 is 1.52 bits per heavy atom. The third-order valence-electron chi connectivity index (χ3n) is 4.72. The number of hydrogen-bond donors (Lipinski definition) is 2. The number of aryl methyl sites for hydroxylation is 1. The van der Waals surface area contributed by atoms with Gasteiger partial charge in [0.05, 0.1) is 13.5 Å². The summed E-state index contributed by atoms with van der Waals surface area (Å²) in [6, 6.07) is 5.17. The average molecular weight is 457 g/mol. The number of carbonyl (C=O) groups is 1. The summed E-state index contributed by atoms with van der Waals surface area (Å²) < 4.78 is 57.3. The standard InChI is InChI=1S/C18H18FN2O9P/c1-10-3-2-4-11-8-27-31(26,30-14(10)11)28-9-18(19)5-13(23)16(29-18)21-6-12(7-22)15(24)20-17(21)25/h2-4,6-7,13,16,23H,5,8-9H2,1H3,(H,20,24,25)/t13-,16-,18+,31?/m1/s1/i16D. The second-order valence-corrected chi connectivity index (χ2v) is 8.62. The van der Waals surface area contributed by atoms with E-state index in [2.05, 4.69) is 0 Å². The predicted molar refractivity (Wildman–Crippen MR) is 101 cm³/mol. The molecule has 1 saturated heterocycles. The van der Waals surface area contributed by atoms with Crippen molar-refractivity contribution in [3.05, 3.63) is 61.9 Å². The van der Waals surface area contributed by atoms with Gasteiger partial charge in [-0.15, -0.1) is 0 Å². The van der Waals surface area contributed by atoms with E-state index in [4.69, 9.17) is 19.7 Å². The van der Waals surface area contributed by atoms with Gasteiger partial charge in [-0.05, 0) is 12.5 Å². The lowest BCUT2D eigenvalue weighted by Gasteiger charge is -2.28. The highest BCUT2D eigenvalue weighted by Gasteiger charge is 2.50. The molecule has 1 unspecified atom stereocenters. The van der Waals surface area contributed by atoms with Crippen molar-refractivity contribution >= 4 is 14.1 Å². The molecule has 11 nitrogen and oxygen atoms in total. The van der Waals surface area contributed by atoms with Crippen molar-refractivity contribution in [1.29, 1.82) is 0 Å². The monoisotopic (exact) mass is 457 g/mol. The summed E-state index contributed by atoms with van der Waals surface area (Å²) in [5.74, 6) is -2.60. The van der Waals surface area contributed by atoms with Crippen LogP contribution >= 0.6 is 7.82 Å². The third-order valence-corrected chi connectivity index (χ3v) is 6.01. The molecule has 13 heteroatoms. The normalized spacial score (nSPS) is 32.7. The molecule has 0 saturated carbocycles. The first-order valence-corrected chi connectivity index (χ1v) is 10.5. The minimum atomic E-state index is -4.26. The van der Waals surface area contributed by atoms with Crippen LogP contribution in [0, 0.1) is 6.92 Å². The van der Waals surface area contributed by atoms with Gasteiger partial charge in [0.25, 0.3) is 5.56 Å². The van der Waals surface area contributed by atoms with Crippen LogP contribution in [0.2, 0.25) is 0 Å². The molecule has 0 amide bonds. The summed E-state index contributed by atoms with van der Waals surface area (Å²) >= 11 is 0. The maximum atomic E-state index is 15.3. The van der Waals surface area contributed by atoms with Gasteiger partial charge < -0.3 is 14.4 Å². The van der Waals surface area contributed by atoms with Crippen molar-refractivity contribution in [3.63, 3.8) is 0 Å². The van der Waals surface area contributed by atoms with Crippen molar-refractivity contribution < 1.29 is 38.5 Å². The number of H-pyrrole nitrogens is 1. The Hall–Kier alpha value is -2.63. The van der Waals surface area contributed by atoms with E-state index < -0.39 is 55.8 Å². The largest absolute Gasteiger partial charge is 0.530 e. The van der Waals surface area contributed by atoms with Crippen LogP contribution in [-0.2, 0) is 25.0 Å². The number of alkyl halides is 1. The first kappa shape index (κ1) is 20.3. The van der Waals surface area contributed by atoms with Crippen LogP contribution in [0.3, 0.4) is 0 Å². The Bertz CT molecular complexity index is 1250. The first-order valence-electron chi connectivity index (χ1n) is 9.55. The highest BCUT2D eigenvalue weighted by Crippen LogP contribution is 2.56. The van der Waals surface area contributed by atoms with E-state index in [1.807, 2.05) is 0 Å². The SMILES string of the molecule is [2H][C@@]1(n2cc(C=O)c(=O)[nH]c2=O)O[C@](F)(COP2(=O)OCc3cccc(C)c3O2)C[C@H]1O. The van der Waals surface area contributed by atoms with E-state index in [1.165, 1.54) is 0 Å². The number of phosphoric acid groups is 1. The molecule has 1 aromatic heterocycles. The van der Waals surface area contributed by atoms with Crippen LogP contribution in [0.1, 0.15) is 35.5 Å². The van der Waals surface area contributed by atoms with Crippen LogP contribution in [-0.4, -0.2) is 39.5 Å². The summed E-state index contributed by atoms with van der Waals surface area (Å²) in [7, 11) is -4.26. The lowest BCUT2D eigenvalue weighted by Crippen LogP contribution is -2.37. The zero-order chi connectivity index (χ0) is 23.3. The van der Waals surface area contributed by atoms with E-state index in [-0.39, 0.29) is 18.6 Å². The molecule has 0 spiro atoms. The zero-order valence-electron chi connectivity index (χ0n) is 17.1. The number of nitrogens with one attached hydrogen (secondary N) is 1. The molecule has 2 aliphatic heterocycles. The van der Waals surface area contributed by atoms with Crippen LogP contribution < -0.4 is 15.8 Å². The van der Waals surface area contributed by atoms with Crippen LogP contribution in [0.15, 0.2) is 34.0 Å². The molecule has 1 fully saturated rings. The molecule has 31 heavy (non-hydrogen) atoms. The number of aliphatic hydroxyl groups is 1. The summed E-state index contributed by atoms with van der Waals surface area (Å²) in [5.41, 5.74) is -1.49. The second kappa shape index (κ2) is 7.81. The fourth-order valence-electron chi connectivity index (χ4n) is 3.19. The lowest BCUT2D eigenvalue weighted by atomic mass is 10.1. The molecular formula is C18H18FN2O9P. The number of aliphatic hydroxyl groups excluding tert-OH is 1. The number of phosphoric ester groups is 1. The topological polar surface area (TPSA) is 146 Å². The molecule has 2 aromatic rings. The Morgan fingerprint density at radius 2 is 2.29 bits per heavy atom. The number of ether oxygens (including phenoxy) is 1. The highest BCUT2D eigenvalue weighted by molar-refractivity contribution is 7.49. The minimum absolute atomic E-state index is 0.110. The van der Waals surface area contributed by atoms with Gasteiger partial charge in [-0.1, -0.05) is 18.2 Å². The van der Waals surface area contributed by atoms with Crippen LogP contribution in [0.4, 0.5) is 4.39 Å². The molecule has 0 aliphatic carbocycles. The molecule has 0 bridgehead atoms. The van der Waals surface area contributed by atoms with Gasteiger partial charge >= 0.3 is 13.5 Å². The number of nitrogens with zero attached hydrogens (tertiary/aromatic N) is 1. The number of para-hydroxylation sites is 1. The second-order valence-electron chi connectivity index (χ2n) is 7.02. The Kier molecular flexibility index (Phi) is 5.11. The van der Waals surface area contributed by atoms with Gasteiger partial charge in [-0.2, -0.15) is 0 Å². The van der Waals surface area contributed by atoms with Gasteiger partial charge in [0, 0.05) is 18.2 Å². The highest BCUT2D eigenvalue weighted by atomic mass is 31.2. The summed E-state index contributed by atoms with van der Waals surface area (Å²) in [6.45, 7) is 0.536. The Morgan fingerprint density at radius 3 is 3.03 bits per heavy atom. The number of aldehydes is 1. The minimum Gasteiger partial charge on any atom is -0.403 e. The fraction of sp³-hybridized carbons (Fsp3) is 0.389. The van der Waals surface area contributed by atoms with E-state index in [0.29, 0.717) is 21.9 Å². The zero-order valence-corrected chi connectivity index (χ0v) is 17.0. The first-order chi connectivity index (χ1) is 15.0. The van der Waals surface area contributed by atoms with Gasteiger partial charge in [0.1, 0.15) is 18.5 Å². The third kappa shape index (κ3) is 4.12. The molecule has 1 aromatic carbocycles. The van der Waals surface area contributed by atoms with Crippen molar-refractivity contribution in [2.24, 2.45) is 0 Å². The van der Waals surface area contributed by atoms with Gasteiger partial charge in [-0.25, -0.2) is 13.8 Å². The Labute approximate surface area is 175 Å².